The lowest BCUT2D eigenvalue weighted by Crippen LogP contribution is -2.05. The third kappa shape index (κ3) is 3.06. The van der Waals surface area contributed by atoms with Crippen LogP contribution < -0.4 is 0 Å². The van der Waals surface area contributed by atoms with E-state index in [1.807, 2.05) is 6.08 Å². The Bertz CT molecular complexity index is 215. The van der Waals surface area contributed by atoms with Crippen LogP contribution in [0.5, 0.6) is 0 Å². The lowest BCUT2D eigenvalue weighted by atomic mass is 10.4. The van der Waals surface area contributed by atoms with Crippen LogP contribution in [-0.2, 0) is 16.1 Å². The van der Waals surface area contributed by atoms with Crippen LogP contribution in [-0.4, -0.2) is 16.5 Å². The fourth-order valence-corrected chi connectivity index (χ4v) is 0.912. The second-order valence-corrected chi connectivity index (χ2v) is 3.43. The van der Waals surface area contributed by atoms with Crippen molar-refractivity contribution in [1.82, 2.24) is 0 Å². The highest BCUT2D eigenvalue weighted by Gasteiger charge is 2.05. The molecule has 0 radical (unpaired) electrons. The lowest BCUT2D eigenvalue weighted by molar-refractivity contribution is 0.186. The zero-order valence-electron chi connectivity index (χ0n) is 6.71. The van der Waals surface area contributed by atoms with Crippen LogP contribution in [0, 0.1) is 0 Å². The SMILES string of the molecule is CC[S+]([O-])N=NC1C=CC=CO1. The van der Waals surface area contributed by atoms with Crippen molar-refractivity contribution >= 4 is 11.4 Å². The smallest absolute Gasteiger partial charge is 0.231 e. The van der Waals surface area contributed by atoms with Crippen molar-refractivity contribution in [2.45, 2.75) is 13.2 Å². The number of nitrogens with zero attached hydrogens (tertiary/aromatic N) is 2. The number of allylic oxidation sites excluding steroid dienone is 2. The maximum absolute atomic E-state index is 10.8. The summed E-state index contributed by atoms with van der Waals surface area (Å²) in [4.78, 5) is 0. The number of ether oxygens (including phenoxy) is 1. The van der Waals surface area contributed by atoms with Gasteiger partial charge in [0.2, 0.25) is 6.23 Å². The molecule has 0 amide bonds. The molecule has 0 spiro atoms. The largest absolute Gasteiger partial charge is 0.590 e. The zero-order chi connectivity index (χ0) is 8.81. The van der Waals surface area contributed by atoms with Gasteiger partial charge in [0.25, 0.3) is 0 Å². The molecule has 0 aliphatic carbocycles. The highest BCUT2D eigenvalue weighted by Crippen LogP contribution is 2.05. The van der Waals surface area contributed by atoms with Gasteiger partial charge in [-0.15, -0.1) is 0 Å². The predicted octanol–water partition coefficient (Wildman–Crippen LogP) is 1.55. The summed E-state index contributed by atoms with van der Waals surface area (Å²) in [5.41, 5.74) is 0. The van der Waals surface area contributed by atoms with Crippen molar-refractivity contribution in [3.05, 3.63) is 24.5 Å². The van der Waals surface area contributed by atoms with Crippen LogP contribution in [0.1, 0.15) is 6.92 Å². The predicted molar refractivity (Wildman–Crippen MR) is 46.7 cm³/mol. The molecule has 66 valence electrons. The third-order valence-electron chi connectivity index (χ3n) is 1.18. The molecule has 0 saturated carbocycles. The molecule has 0 N–H and O–H groups in total. The van der Waals surface area contributed by atoms with Gasteiger partial charge in [-0.05, 0) is 19.1 Å². The summed E-state index contributed by atoms with van der Waals surface area (Å²) in [6.45, 7) is 1.78. The van der Waals surface area contributed by atoms with Crippen LogP contribution in [0.2, 0.25) is 0 Å². The first-order valence-electron chi connectivity index (χ1n) is 3.61. The average Bonchev–Trinajstić information content (AvgIpc) is 2.16. The van der Waals surface area contributed by atoms with E-state index in [0.717, 1.165) is 0 Å². The molecule has 2 unspecified atom stereocenters. The second-order valence-electron chi connectivity index (χ2n) is 2.05. The van der Waals surface area contributed by atoms with Crippen LogP contribution in [0.3, 0.4) is 0 Å². The second kappa shape index (κ2) is 4.95. The Kier molecular flexibility index (Phi) is 3.83. The van der Waals surface area contributed by atoms with Gasteiger partial charge in [-0.3, -0.25) is 0 Å². The first-order chi connectivity index (χ1) is 5.83. The third-order valence-corrected chi connectivity index (χ3v) is 1.95. The first kappa shape index (κ1) is 9.28. The normalized spacial score (nSPS) is 24.3. The summed E-state index contributed by atoms with van der Waals surface area (Å²) in [5.74, 6) is 0.482. The topological polar surface area (TPSA) is 57.0 Å². The quantitative estimate of drug-likeness (QED) is 0.496. The Morgan fingerprint density at radius 2 is 2.42 bits per heavy atom. The van der Waals surface area contributed by atoms with Crippen LogP contribution in [0.25, 0.3) is 0 Å². The number of hydrogen-bond acceptors (Lipinski definition) is 4. The van der Waals surface area contributed by atoms with Gasteiger partial charge >= 0.3 is 0 Å². The van der Waals surface area contributed by atoms with E-state index in [1.165, 1.54) is 6.26 Å². The van der Waals surface area contributed by atoms with Gasteiger partial charge in [0.05, 0.1) is 6.26 Å². The van der Waals surface area contributed by atoms with Crippen molar-refractivity contribution in [2.75, 3.05) is 5.75 Å². The highest BCUT2D eigenvalue weighted by atomic mass is 32.2. The van der Waals surface area contributed by atoms with Gasteiger partial charge in [0.15, 0.2) is 0 Å². The van der Waals surface area contributed by atoms with Gasteiger partial charge in [-0.1, -0.05) is 11.2 Å². The van der Waals surface area contributed by atoms with Crippen molar-refractivity contribution in [2.24, 2.45) is 9.63 Å². The number of rotatable bonds is 3. The lowest BCUT2D eigenvalue weighted by Gasteiger charge is -2.07. The molecule has 0 bridgehead atoms. The Hall–Kier alpha value is -0.810. The molecule has 1 rings (SSSR count). The van der Waals surface area contributed by atoms with Gasteiger partial charge in [-0.25, -0.2) is 0 Å². The molecule has 0 fully saturated rings. The van der Waals surface area contributed by atoms with Crippen molar-refractivity contribution < 1.29 is 9.29 Å². The summed E-state index contributed by atoms with van der Waals surface area (Å²) < 4.78 is 19.4. The summed E-state index contributed by atoms with van der Waals surface area (Å²) in [7, 11) is 0. The molecule has 0 aromatic heterocycles. The minimum atomic E-state index is -1.21. The molecule has 0 aromatic rings. The fraction of sp³-hybridized carbons (Fsp3) is 0.429. The standard InChI is InChI=1S/C7H10N2O2S/c1-2-12(10)9-8-7-5-3-4-6-11-7/h3-7H,2H2,1H3. The Labute approximate surface area is 74.3 Å². The molecule has 2 atom stereocenters. The molecule has 12 heavy (non-hydrogen) atoms. The maximum Gasteiger partial charge on any atom is 0.231 e. The number of hydrogen-bond donors (Lipinski definition) is 0. The van der Waals surface area contributed by atoms with Gasteiger partial charge in [0, 0.05) is 4.52 Å². The van der Waals surface area contributed by atoms with E-state index in [1.54, 1.807) is 19.1 Å². The van der Waals surface area contributed by atoms with Crippen LogP contribution in [0.15, 0.2) is 34.1 Å². The molecule has 4 nitrogen and oxygen atoms in total. The molecule has 1 heterocycles. The minimum Gasteiger partial charge on any atom is -0.590 e. The van der Waals surface area contributed by atoms with E-state index >= 15 is 0 Å². The molecular weight excluding hydrogens is 176 g/mol. The molecule has 5 heteroatoms. The molecule has 1 aliphatic rings. The summed E-state index contributed by atoms with van der Waals surface area (Å²) in [6, 6.07) is 0. The van der Waals surface area contributed by atoms with Crippen LogP contribution >= 0.6 is 0 Å². The fourth-order valence-electron chi connectivity index (χ4n) is 0.598. The summed E-state index contributed by atoms with van der Waals surface area (Å²) in [6.07, 6.45) is 6.41. The van der Waals surface area contributed by atoms with Gasteiger partial charge in [-0.2, -0.15) is 0 Å². The van der Waals surface area contributed by atoms with Crippen molar-refractivity contribution in [3.8, 4) is 0 Å². The van der Waals surface area contributed by atoms with E-state index in [4.69, 9.17) is 4.74 Å². The Balaban J connectivity index is 2.35. The molecular formula is C7H10N2O2S. The average molecular weight is 186 g/mol. The minimum absolute atomic E-state index is 0.412. The van der Waals surface area contributed by atoms with Crippen molar-refractivity contribution in [1.29, 1.82) is 0 Å². The van der Waals surface area contributed by atoms with E-state index in [2.05, 4.69) is 9.63 Å². The van der Waals surface area contributed by atoms with E-state index in [0.29, 0.717) is 5.75 Å². The molecule has 1 aliphatic heterocycles. The summed E-state index contributed by atoms with van der Waals surface area (Å²) in [5, 5.41) is 3.72. The zero-order valence-corrected chi connectivity index (χ0v) is 7.53. The Morgan fingerprint density at radius 1 is 1.58 bits per heavy atom. The van der Waals surface area contributed by atoms with Crippen LogP contribution in [0.4, 0.5) is 0 Å². The maximum atomic E-state index is 10.8. The monoisotopic (exact) mass is 186 g/mol. The Morgan fingerprint density at radius 3 is 3.00 bits per heavy atom. The first-order valence-corrected chi connectivity index (χ1v) is 4.88. The van der Waals surface area contributed by atoms with E-state index in [-0.39, 0.29) is 0 Å². The van der Waals surface area contributed by atoms with E-state index in [9.17, 15) is 4.55 Å². The van der Waals surface area contributed by atoms with Gasteiger partial charge in [0.1, 0.15) is 17.1 Å². The highest BCUT2D eigenvalue weighted by molar-refractivity contribution is 7.89. The van der Waals surface area contributed by atoms with Gasteiger partial charge < -0.3 is 9.29 Å². The molecule has 0 aromatic carbocycles. The summed E-state index contributed by atoms with van der Waals surface area (Å²) >= 11 is -1.21. The van der Waals surface area contributed by atoms with Crippen molar-refractivity contribution in [3.63, 3.8) is 0 Å². The molecule has 0 saturated heterocycles. The van der Waals surface area contributed by atoms with E-state index < -0.39 is 17.6 Å².